The van der Waals surface area contributed by atoms with Crippen LogP contribution in [-0.2, 0) is 19.1 Å². The van der Waals surface area contributed by atoms with Gasteiger partial charge in [0, 0.05) is 6.42 Å². The van der Waals surface area contributed by atoms with Crippen molar-refractivity contribution < 1.29 is 28.6 Å². The Labute approximate surface area is 159 Å². The number of nitrogens with one attached hydrogen (secondary N) is 2. The minimum atomic E-state index is -0.830. The molecule has 0 unspecified atom stereocenters. The molecule has 8 nitrogen and oxygen atoms in total. The van der Waals surface area contributed by atoms with E-state index in [0.717, 1.165) is 11.3 Å². The minimum absolute atomic E-state index is 0.119. The Morgan fingerprint density at radius 2 is 1.81 bits per heavy atom. The Morgan fingerprint density at radius 1 is 1.11 bits per heavy atom. The van der Waals surface area contributed by atoms with E-state index in [4.69, 9.17) is 9.47 Å². The molecule has 0 radical (unpaired) electrons. The molecule has 1 rings (SSSR count). The maximum atomic E-state index is 11.9. The van der Waals surface area contributed by atoms with Crippen LogP contribution in [0.15, 0.2) is 24.3 Å². The molecule has 2 N–H and O–H groups in total. The van der Waals surface area contributed by atoms with Gasteiger partial charge in [0.25, 0.3) is 0 Å². The zero-order chi connectivity index (χ0) is 20.3. The van der Waals surface area contributed by atoms with Crippen molar-refractivity contribution in [3.63, 3.8) is 0 Å². The highest BCUT2D eigenvalue weighted by atomic mass is 16.6. The molecule has 150 valence electrons. The van der Waals surface area contributed by atoms with Crippen LogP contribution in [0.5, 0.6) is 5.75 Å². The van der Waals surface area contributed by atoms with Gasteiger partial charge in [-0.05, 0) is 38.8 Å². The lowest BCUT2D eigenvalue weighted by Crippen LogP contribution is -2.38. The van der Waals surface area contributed by atoms with Gasteiger partial charge in [0.05, 0.1) is 13.7 Å². The number of benzene rings is 1. The number of aryl methyl sites for hydroxylation is 1. The van der Waals surface area contributed by atoms with E-state index in [9.17, 15) is 14.4 Å². The molecule has 0 aromatic heterocycles. The molecule has 0 heterocycles. The Morgan fingerprint density at radius 3 is 2.48 bits per heavy atom. The number of carbonyl (C=O) groups is 3. The Kier molecular flexibility index (Phi) is 9.12. The highest BCUT2D eigenvalue weighted by molar-refractivity contribution is 5.81. The standard InChI is InChI=1S/C19H28N2O6/c1-14-7-5-6-8-15(14)26-12-11-20-18(24)27-19(2,3)10-9-16(22)21-13-17(23)25-4/h5-8H,9-13H2,1-4H3,(H,20,24)(H,21,22). The first-order valence-electron chi connectivity index (χ1n) is 8.72. The number of hydrogen-bond donors (Lipinski definition) is 2. The fourth-order valence-electron chi connectivity index (χ4n) is 2.12. The van der Waals surface area contributed by atoms with E-state index < -0.39 is 17.7 Å². The average Bonchev–Trinajstić information content (AvgIpc) is 2.62. The van der Waals surface area contributed by atoms with Crippen molar-refractivity contribution in [3.8, 4) is 5.75 Å². The molecule has 1 aromatic carbocycles. The van der Waals surface area contributed by atoms with Crippen LogP contribution in [0.1, 0.15) is 32.3 Å². The topological polar surface area (TPSA) is 103 Å². The van der Waals surface area contributed by atoms with Crippen LogP contribution in [0.2, 0.25) is 0 Å². The van der Waals surface area contributed by atoms with E-state index in [1.54, 1.807) is 13.8 Å². The van der Waals surface area contributed by atoms with Crippen LogP contribution < -0.4 is 15.4 Å². The summed E-state index contributed by atoms with van der Waals surface area (Å²) in [5.41, 5.74) is 0.190. The van der Waals surface area contributed by atoms with Crippen molar-refractivity contribution in [2.75, 3.05) is 26.8 Å². The number of carbonyl (C=O) groups excluding carboxylic acids is 3. The number of ether oxygens (including phenoxy) is 3. The second-order valence-electron chi connectivity index (χ2n) is 6.54. The summed E-state index contributed by atoms with van der Waals surface area (Å²) in [6.45, 7) is 5.80. The van der Waals surface area contributed by atoms with E-state index >= 15 is 0 Å². The van der Waals surface area contributed by atoms with Gasteiger partial charge in [0.1, 0.15) is 24.5 Å². The maximum absolute atomic E-state index is 11.9. The first-order chi connectivity index (χ1) is 12.7. The highest BCUT2D eigenvalue weighted by Crippen LogP contribution is 2.17. The van der Waals surface area contributed by atoms with Gasteiger partial charge < -0.3 is 24.8 Å². The highest BCUT2D eigenvalue weighted by Gasteiger charge is 2.24. The fourth-order valence-corrected chi connectivity index (χ4v) is 2.12. The maximum Gasteiger partial charge on any atom is 0.407 e. The summed E-state index contributed by atoms with van der Waals surface area (Å²) in [6.07, 6.45) is -0.149. The van der Waals surface area contributed by atoms with Crippen molar-refractivity contribution in [3.05, 3.63) is 29.8 Å². The summed E-state index contributed by atoms with van der Waals surface area (Å²) in [7, 11) is 1.25. The molecule has 0 aliphatic carbocycles. The Balaban J connectivity index is 2.24. The average molecular weight is 380 g/mol. The van der Waals surface area contributed by atoms with Crippen molar-refractivity contribution in [1.29, 1.82) is 0 Å². The molecule has 0 saturated heterocycles. The van der Waals surface area contributed by atoms with Crippen LogP contribution in [0, 0.1) is 6.92 Å². The van der Waals surface area contributed by atoms with Gasteiger partial charge in [-0.15, -0.1) is 0 Å². The smallest absolute Gasteiger partial charge is 0.407 e. The predicted molar refractivity (Wildman–Crippen MR) is 99.5 cm³/mol. The minimum Gasteiger partial charge on any atom is -0.491 e. The molecule has 27 heavy (non-hydrogen) atoms. The molecule has 0 bridgehead atoms. The van der Waals surface area contributed by atoms with Gasteiger partial charge in [-0.2, -0.15) is 0 Å². The van der Waals surface area contributed by atoms with Gasteiger partial charge in [0.2, 0.25) is 5.91 Å². The largest absolute Gasteiger partial charge is 0.491 e. The number of hydrogen-bond acceptors (Lipinski definition) is 6. The van der Waals surface area contributed by atoms with Gasteiger partial charge in [-0.25, -0.2) is 4.79 Å². The number of methoxy groups -OCH3 is 1. The van der Waals surface area contributed by atoms with E-state index in [2.05, 4.69) is 15.4 Å². The quantitative estimate of drug-likeness (QED) is 0.475. The van der Waals surface area contributed by atoms with Gasteiger partial charge in [-0.3, -0.25) is 9.59 Å². The molecule has 0 aliphatic heterocycles. The Hall–Kier alpha value is -2.77. The molecule has 0 aliphatic rings. The van der Waals surface area contributed by atoms with Crippen LogP contribution in [0.3, 0.4) is 0 Å². The fraction of sp³-hybridized carbons (Fsp3) is 0.526. The normalized spacial score (nSPS) is 10.7. The number of esters is 1. The Bertz CT molecular complexity index is 645. The summed E-state index contributed by atoms with van der Waals surface area (Å²) < 4.78 is 15.4. The van der Waals surface area contributed by atoms with Crippen LogP contribution >= 0.6 is 0 Å². The second-order valence-corrected chi connectivity index (χ2v) is 6.54. The molecule has 1 aromatic rings. The lowest BCUT2D eigenvalue weighted by atomic mass is 10.0. The second kappa shape index (κ2) is 11.1. The number of rotatable bonds is 10. The first kappa shape index (κ1) is 22.3. The van der Waals surface area contributed by atoms with Crippen LogP contribution in [0.4, 0.5) is 4.79 Å². The molecule has 0 saturated carbocycles. The summed E-state index contributed by atoms with van der Waals surface area (Å²) >= 11 is 0. The van der Waals surface area contributed by atoms with E-state index in [1.807, 2.05) is 31.2 Å². The zero-order valence-electron chi connectivity index (χ0n) is 16.3. The van der Waals surface area contributed by atoms with Crippen molar-refractivity contribution >= 4 is 18.0 Å². The van der Waals surface area contributed by atoms with Crippen molar-refractivity contribution in [2.45, 2.75) is 39.2 Å². The number of para-hydroxylation sites is 1. The van der Waals surface area contributed by atoms with E-state index in [0.29, 0.717) is 19.6 Å². The third-order valence-corrected chi connectivity index (χ3v) is 3.70. The third kappa shape index (κ3) is 9.48. The lowest BCUT2D eigenvalue weighted by molar-refractivity contribution is -0.141. The number of alkyl carbamates (subject to hydrolysis) is 1. The molecule has 2 amide bonds. The first-order valence-corrected chi connectivity index (χ1v) is 8.72. The van der Waals surface area contributed by atoms with Crippen LogP contribution in [-0.4, -0.2) is 50.4 Å². The summed E-state index contributed by atoms with van der Waals surface area (Å²) in [5, 5.41) is 5.05. The van der Waals surface area contributed by atoms with Gasteiger partial charge in [0.15, 0.2) is 0 Å². The SMILES string of the molecule is COC(=O)CNC(=O)CCC(C)(C)OC(=O)NCCOc1ccccc1C. The van der Waals surface area contributed by atoms with Gasteiger partial charge in [-0.1, -0.05) is 18.2 Å². The van der Waals surface area contributed by atoms with Crippen LogP contribution in [0.25, 0.3) is 0 Å². The van der Waals surface area contributed by atoms with Crippen molar-refractivity contribution in [2.24, 2.45) is 0 Å². The number of amides is 2. The lowest BCUT2D eigenvalue weighted by Gasteiger charge is -2.25. The zero-order valence-corrected chi connectivity index (χ0v) is 16.3. The monoisotopic (exact) mass is 380 g/mol. The summed E-state index contributed by atoms with van der Waals surface area (Å²) in [5.74, 6) is -0.0683. The molecule has 0 fully saturated rings. The molecular formula is C19H28N2O6. The van der Waals surface area contributed by atoms with Gasteiger partial charge >= 0.3 is 12.1 Å². The summed E-state index contributed by atoms with van der Waals surface area (Å²) in [4.78, 5) is 34.5. The third-order valence-electron chi connectivity index (χ3n) is 3.70. The van der Waals surface area contributed by atoms with E-state index in [1.165, 1.54) is 7.11 Å². The molecule has 8 heteroatoms. The summed E-state index contributed by atoms with van der Waals surface area (Å²) in [6, 6.07) is 7.62. The van der Waals surface area contributed by atoms with E-state index in [-0.39, 0.29) is 18.9 Å². The molecule has 0 atom stereocenters. The predicted octanol–water partition coefficient (Wildman–Crippen LogP) is 1.95. The van der Waals surface area contributed by atoms with Crippen molar-refractivity contribution in [1.82, 2.24) is 10.6 Å². The molecular weight excluding hydrogens is 352 g/mol. The molecule has 0 spiro atoms.